The third-order valence-corrected chi connectivity index (χ3v) is 5.64. The van der Waals surface area contributed by atoms with Gasteiger partial charge in [0.1, 0.15) is 15.9 Å². The fraction of sp³-hybridized carbons (Fsp3) is 0.167. The molecule has 0 radical (unpaired) electrons. The minimum Gasteiger partial charge on any atom is -0.389 e. The molecular weight excluding hydrogens is 330 g/mol. The minimum atomic E-state index is 0.496. The molecule has 2 rings (SSSR count). The summed E-state index contributed by atoms with van der Waals surface area (Å²) in [6.07, 6.45) is 0. The number of hydrogen-bond donors (Lipinski definition) is 1. The third-order valence-electron chi connectivity index (χ3n) is 2.20. The second-order valence-electron chi connectivity index (χ2n) is 3.80. The van der Waals surface area contributed by atoms with Crippen LogP contribution in [-0.2, 0) is 0 Å². The van der Waals surface area contributed by atoms with Crippen LogP contribution >= 0.6 is 53.4 Å². The zero-order valence-electron chi connectivity index (χ0n) is 10.6. The Morgan fingerprint density at radius 3 is 1.95 bits per heavy atom. The number of hydrogen-bond acceptors (Lipinski definition) is 4. The van der Waals surface area contributed by atoms with Crippen molar-refractivity contribution in [2.45, 2.75) is 13.8 Å². The van der Waals surface area contributed by atoms with Crippen LogP contribution in [0.25, 0.3) is 0 Å². The van der Waals surface area contributed by atoms with E-state index in [9.17, 15) is 0 Å². The van der Waals surface area contributed by atoms with Crippen molar-refractivity contribution in [2.24, 2.45) is 5.73 Å². The lowest BCUT2D eigenvalue weighted by atomic mass is 10.3. The largest absolute Gasteiger partial charge is 0.389 e. The van der Waals surface area contributed by atoms with Crippen molar-refractivity contribution in [3.05, 3.63) is 33.0 Å². The molecule has 100 valence electrons. The predicted molar refractivity (Wildman–Crippen MR) is 97.4 cm³/mol. The van der Waals surface area contributed by atoms with Gasteiger partial charge in [0.2, 0.25) is 0 Å². The second kappa shape index (κ2) is 7.43. The van der Waals surface area contributed by atoms with Gasteiger partial charge in [-0.25, -0.2) is 0 Å². The highest BCUT2D eigenvalue weighted by Crippen LogP contribution is 2.15. The molecule has 2 heterocycles. The molecule has 2 atom stereocenters. The van der Waals surface area contributed by atoms with Gasteiger partial charge in [-0.2, -0.15) is 5.26 Å². The summed E-state index contributed by atoms with van der Waals surface area (Å²) in [6, 6.07) is 6.17. The monoisotopic (exact) mass is 344 g/mol. The summed E-state index contributed by atoms with van der Waals surface area (Å²) in [4.78, 5) is 2.34. The molecule has 0 aliphatic carbocycles. The fourth-order valence-corrected chi connectivity index (χ4v) is 4.39. The number of rotatable bonds is 1. The first kappa shape index (κ1) is 16.7. The van der Waals surface area contributed by atoms with Crippen molar-refractivity contribution in [3.8, 4) is 6.07 Å². The molecule has 7 heteroatoms. The van der Waals surface area contributed by atoms with E-state index in [1.165, 1.54) is 21.5 Å². The lowest BCUT2D eigenvalue weighted by Crippen LogP contribution is -2.08. The van der Waals surface area contributed by atoms with Crippen LogP contribution in [0.3, 0.4) is 0 Å². The maximum absolute atomic E-state index is 8.48. The smallest absolute Gasteiger partial charge is 0.114 e. The highest BCUT2D eigenvalue weighted by atomic mass is 32.1. The predicted octanol–water partition coefficient (Wildman–Crippen LogP) is 2.62. The van der Waals surface area contributed by atoms with Gasteiger partial charge in [-0.3, -0.25) is 0 Å². The van der Waals surface area contributed by atoms with Crippen molar-refractivity contribution in [1.29, 1.82) is 5.26 Å². The van der Waals surface area contributed by atoms with Crippen LogP contribution in [0.5, 0.6) is 0 Å². The highest BCUT2D eigenvalue weighted by molar-refractivity contribution is 7.81. The Morgan fingerprint density at radius 2 is 1.74 bits per heavy atom. The van der Waals surface area contributed by atoms with Crippen molar-refractivity contribution in [3.63, 3.8) is 0 Å². The first-order valence-electron chi connectivity index (χ1n) is 5.26. The van der Waals surface area contributed by atoms with E-state index in [1.54, 1.807) is 11.3 Å². The topological polar surface area (TPSA) is 49.8 Å². The van der Waals surface area contributed by atoms with Crippen LogP contribution in [0.1, 0.15) is 20.9 Å². The van der Waals surface area contributed by atoms with Gasteiger partial charge < -0.3 is 5.73 Å². The van der Waals surface area contributed by atoms with Gasteiger partial charge in [0, 0.05) is 9.24 Å². The average Bonchev–Trinajstić information content (AvgIpc) is 2.81. The molecule has 0 saturated carbocycles. The highest BCUT2D eigenvalue weighted by Gasteiger charge is 2.03. The number of thiophene rings is 2. The van der Waals surface area contributed by atoms with E-state index in [1.807, 2.05) is 19.9 Å². The van der Waals surface area contributed by atoms with Gasteiger partial charge in [-0.15, -0.1) is 22.7 Å². The summed E-state index contributed by atoms with van der Waals surface area (Å²) >= 11 is 7.98. The number of nitriles is 1. The molecule has 2 aromatic rings. The molecule has 0 amide bonds. The summed E-state index contributed by atoms with van der Waals surface area (Å²) in [5, 5.41) is 8.48. The van der Waals surface area contributed by atoms with E-state index in [4.69, 9.17) is 23.2 Å². The molecule has 2 unspecified atom stereocenters. The van der Waals surface area contributed by atoms with E-state index in [0.717, 1.165) is 19.9 Å². The molecule has 0 spiro atoms. The fourth-order valence-electron chi connectivity index (χ4n) is 1.37. The van der Waals surface area contributed by atoms with Crippen molar-refractivity contribution < 1.29 is 0 Å². The molecule has 0 aliphatic heterocycles. The summed E-state index contributed by atoms with van der Waals surface area (Å²) in [6.45, 7) is 3.96. The Bertz CT molecular complexity index is 638. The Balaban J connectivity index is 0.000000191. The summed E-state index contributed by atoms with van der Waals surface area (Å²) < 4.78 is 2.31. The van der Waals surface area contributed by atoms with Crippen molar-refractivity contribution in [1.82, 2.24) is 0 Å². The molecule has 0 bridgehead atoms. The Morgan fingerprint density at radius 1 is 1.21 bits per heavy atom. The quantitative estimate of drug-likeness (QED) is 0.639. The van der Waals surface area contributed by atoms with Gasteiger partial charge in [0.25, 0.3) is 0 Å². The molecule has 2 aromatic heterocycles. The molecule has 0 aromatic carbocycles. The molecule has 19 heavy (non-hydrogen) atoms. The Labute approximate surface area is 131 Å². The first-order chi connectivity index (χ1) is 8.85. The van der Waals surface area contributed by atoms with Crippen LogP contribution in [0, 0.1) is 25.2 Å². The molecule has 0 fully saturated rings. The normalized spacial score (nSPS) is 9.42. The van der Waals surface area contributed by atoms with Crippen molar-refractivity contribution >= 4 is 67.6 Å². The van der Waals surface area contributed by atoms with Crippen LogP contribution in [0.15, 0.2) is 12.1 Å². The van der Waals surface area contributed by atoms with Crippen LogP contribution in [0.2, 0.25) is 0 Å². The second-order valence-corrected chi connectivity index (χ2v) is 8.49. The SMILES string of the molecule is Cc1cc(P)sc1C#N.Cc1cc(P)sc1C(N)=S. The van der Waals surface area contributed by atoms with Gasteiger partial charge in [-0.1, -0.05) is 30.7 Å². The van der Waals surface area contributed by atoms with E-state index in [0.29, 0.717) is 4.99 Å². The third kappa shape index (κ3) is 4.91. The van der Waals surface area contributed by atoms with E-state index < -0.39 is 0 Å². The average molecular weight is 344 g/mol. The van der Waals surface area contributed by atoms with E-state index >= 15 is 0 Å². The van der Waals surface area contributed by atoms with Crippen molar-refractivity contribution in [2.75, 3.05) is 0 Å². The minimum absolute atomic E-state index is 0.496. The Kier molecular flexibility index (Phi) is 6.53. The van der Waals surface area contributed by atoms with Gasteiger partial charge in [0.15, 0.2) is 0 Å². The zero-order chi connectivity index (χ0) is 14.6. The van der Waals surface area contributed by atoms with Gasteiger partial charge >= 0.3 is 0 Å². The maximum Gasteiger partial charge on any atom is 0.114 e. The molecule has 2 nitrogen and oxygen atoms in total. The number of nitrogens with zero attached hydrogens (tertiary/aromatic N) is 1. The zero-order valence-corrected chi connectivity index (χ0v) is 15.3. The first-order valence-corrected chi connectivity index (χ1v) is 8.46. The summed E-state index contributed by atoms with van der Waals surface area (Å²) in [5.41, 5.74) is 7.71. The van der Waals surface area contributed by atoms with Crippen LogP contribution in [0.4, 0.5) is 0 Å². The number of nitrogens with two attached hydrogens (primary N) is 1. The summed E-state index contributed by atoms with van der Waals surface area (Å²) in [5.74, 6) is 0. The lowest BCUT2D eigenvalue weighted by Gasteiger charge is -1.91. The molecule has 0 saturated heterocycles. The molecular formula is C12H14N2P2S3. The molecule has 2 N–H and O–H groups in total. The van der Waals surface area contributed by atoms with E-state index in [-0.39, 0.29) is 0 Å². The molecule has 0 aliphatic rings. The van der Waals surface area contributed by atoms with Gasteiger partial charge in [-0.05, 0) is 37.1 Å². The summed E-state index contributed by atoms with van der Waals surface area (Å²) in [7, 11) is 5.21. The van der Waals surface area contributed by atoms with Crippen LogP contribution in [-0.4, -0.2) is 4.99 Å². The van der Waals surface area contributed by atoms with E-state index in [2.05, 4.69) is 30.6 Å². The number of thiocarbonyl (C=S) groups is 1. The van der Waals surface area contributed by atoms with Crippen LogP contribution < -0.4 is 15.0 Å². The van der Waals surface area contributed by atoms with Gasteiger partial charge in [0.05, 0.1) is 4.88 Å². The number of aryl methyl sites for hydroxylation is 2. The maximum atomic E-state index is 8.48. The standard InChI is InChI=1S/C6H8NPS2.C6H6NPS/c1-3-2-4(8)10-5(3)6(7)9;1-4-2-6(8)9-5(4)3-7/h2H,8H2,1H3,(H2,7,9);2H,8H2,1H3. The Hall–Kier alpha value is -0.360. The lowest BCUT2D eigenvalue weighted by molar-refractivity contribution is 1.47.